The molecular weight excluding hydrogens is 891 g/mol. The molecule has 4 heterocycles. The highest BCUT2D eigenvalue weighted by Gasteiger charge is 2.36. The molecule has 0 bridgehead atoms. The largest absolute Gasteiger partial charge is 0.456 e. The average Bonchev–Trinajstić information content (AvgIpc) is 3.22. The van der Waals surface area contributed by atoms with Gasteiger partial charge in [-0.05, 0) is 97.8 Å². The maximum absolute atomic E-state index is 15.2. The van der Waals surface area contributed by atoms with Crippen LogP contribution in [0.4, 0.5) is 66.4 Å². The smallest absolute Gasteiger partial charge is 0.338 e. The Morgan fingerprint density at radius 1 is 0.727 bits per heavy atom. The summed E-state index contributed by atoms with van der Waals surface area (Å²) in [7, 11) is 7.58. The zero-order valence-corrected chi connectivity index (χ0v) is 38.1. The fraction of sp³-hybridized carbons (Fsp3) is 0.341. The number of hydrogen-bond donors (Lipinski definition) is 4. The van der Waals surface area contributed by atoms with E-state index < -0.39 is 64.1 Å². The molecule has 0 radical (unpaired) electrons. The molecule has 4 N–H and O–H groups in total. The molecule has 22 heteroatoms. The van der Waals surface area contributed by atoms with Gasteiger partial charge in [0.2, 0.25) is 11.9 Å². The van der Waals surface area contributed by atoms with Crippen molar-refractivity contribution in [2.45, 2.75) is 46.4 Å². The van der Waals surface area contributed by atoms with E-state index in [1.54, 1.807) is 20.8 Å². The number of nitrogens with zero attached hydrogens (tertiary/aromatic N) is 8. The van der Waals surface area contributed by atoms with Crippen LogP contribution in [-0.4, -0.2) is 108 Å². The summed E-state index contributed by atoms with van der Waals surface area (Å²) < 4.78 is 78.9. The minimum Gasteiger partial charge on any atom is -0.456 e. The van der Waals surface area contributed by atoms with Gasteiger partial charge in [-0.3, -0.25) is 0 Å². The lowest BCUT2D eigenvalue weighted by Gasteiger charge is -2.31. The number of carbonyl (C=O) groups is 3. The van der Waals surface area contributed by atoms with Gasteiger partial charge in [-0.1, -0.05) is 23.7 Å². The molecule has 3 aromatic carbocycles. The number of likely N-dealkylation sites (N-methyl/N-ethyl adjacent to an activating group) is 2. The van der Waals surface area contributed by atoms with Crippen LogP contribution >= 0.6 is 11.6 Å². The first kappa shape index (κ1) is 48.7. The number of para-hydroxylation sites is 2. The Morgan fingerprint density at radius 3 is 1.65 bits per heavy atom. The summed E-state index contributed by atoms with van der Waals surface area (Å²) in [4.78, 5) is 61.2. The summed E-state index contributed by atoms with van der Waals surface area (Å²) in [6.45, 7) is 8.81. The van der Waals surface area contributed by atoms with Crippen molar-refractivity contribution in [3.05, 3.63) is 105 Å². The minimum atomic E-state index is -0.973. The Morgan fingerprint density at radius 2 is 1.18 bits per heavy atom. The highest BCUT2D eigenvalue weighted by Crippen LogP contribution is 2.40. The summed E-state index contributed by atoms with van der Waals surface area (Å²) in [6.07, 6.45) is 0. The van der Waals surface area contributed by atoms with E-state index in [-0.39, 0.29) is 69.7 Å². The van der Waals surface area contributed by atoms with Gasteiger partial charge < -0.3 is 35.8 Å². The number of carbonyl (C=O) groups excluding carboxylic acids is 3. The molecule has 5 aromatic rings. The van der Waals surface area contributed by atoms with Crippen LogP contribution in [-0.2, 0) is 17.8 Å². The highest BCUT2D eigenvalue weighted by molar-refractivity contribution is 6.31. The normalized spacial score (nSPS) is 13.4. The topological polar surface area (TPSA) is 173 Å². The number of aromatic nitrogens is 4. The van der Waals surface area contributed by atoms with Gasteiger partial charge in [-0.15, -0.1) is 0 Å². The molecule has 4 amide bonds. The Balaban J connectivity index is 0.000000239. The number of benzene rings is 3. The second-order valence-corrected chi connectivity index (χ2v) is 16.9. The molecule has 0 saturated heterocycles. The highest BCUT2D eigenvalue weighted by atomic mass is 35.5. The van der Waals surface area contributed by atoms with Crippen molar-refractivity contribution >= 4 is 64.5 Å². The zero-order chi connectivity index (χ0) is 48.2. The van der Waals surface area contributed by atoms with E-state index in [2.05, 4.69) is 41.2 Å². The first-order chi connectivity index (χ1) is 31.1. The minimum absolute atomic E-state index is 0.0423. The number of halogens is 6. The average molecular weight is 939 g/mol. The number of amides is 4. The van der Waals surface area contributed by atoms with Gasteiger partial charge in [-0.25, -0.2) is 56.1 Å². The maximum Gasteiger partial charge on any atom is 0.338 e. The van der Waals surface area contributed by atoms with E-state index >= 15 is 4.39 Å². The van der Waals surface area contributed by atoms with Gasteiger partial charge in [0.05, 0.1) is 29.9 Å². The summed E-state index contributed by atoms with van der Waals surface area (Å²) in [5, 5.41) is 11.3. The molecule has 0 fully saturated rings. The maximum atomic E-state index is 15.2. The molecule has 0 unspecified atom stereocenters. The van der Waals surface area contributed by atoms with Gasteiger partial charge in [-0.2, -0.15) is 9.97 Å². The van der Waals surface area contributed by atoms with E-state index in [1.807, 2.05) is 38.0 Å². The van der Waals surface area contributed by atoms with Gasteiger partial charge in [0.25, 0.3) is 0 Å². The van der Waals surface area contributed by atoms with Crippen LogP contribution < -0.4 is 31.1 Å². The first-order valence-electron chi connectivity index (χ1n) is 20.5. The monoisotopic (exact) mass is 938 g/mol. The molecule has 0 aliphatic carbocycles. The van der Waals surface area contributed by atoms with Crippen molar-refractivity contribution < 1.29 is 41.1 Å². The predicted molar refractivity (Wildman–Crippen MR) is 240 cm³/mol. The standard InChI is InChI=1S/C28H31F3N6O3.C16H17ClF2N6O/c1-15-17(12-16(13-21(15)31)25(38)40-28(2,3)4)22-18-14-33-27(39)37(23-19(29)8-7-9-20(23)30)24(18)35-26(34-22)32-10-11-36(5)6;1-24(2)7-6-20-15-22-13(17)9-8-21-16(26)25(14(9)23-15)12-10(18)4-3-5-11(12)19/h7-9,12-13H,10-11,14H2,1-6H3,(H,33,39)(H,32,34,35);3-5H,6-8H2,1-2H3,(H,21,26)(H,20,22,23). The molecule has 2 aliphatic heterocycles. The van der Waals surface area contributed by atoms with Gasteiger partial charge in [0.1, 0.15) is 51.2 Å². The molecule has 7 rings (SSSR count). The third kappa shape index (κ3) is 11.0. The molecule has 16 nitrogen and oxygen atoms in total. The molecule has 350 valence electrons. The molecule has 2 aliphatic rings. The number of nitrogens with one attached hydrogen (secondary N) is 4. The third-order valence-electron chi connectivity index (χ3n) is 9.82. The number of fused-ring (bicyclic) bond motifs is 2. The van der Waals surface area contributed by atoms with Crippen LogP contribution in [0.3, 0.4) is 0 Å². The lowest BCUT2D eigenvalue weighted by Crippen LogP contribution is -2.43. The fourth-order valence-electron chi connectivity index (χ4n) is 6.64. The van der Waals surface area contributed by atoms with Gasteiger partial charge >= 0.3 is 18.0 Å². The number of hydrogen-bond acceptors (Lipinski definition) is 12. The van der Waals surface area contributed by atoms with Crippen LogP contribution in [0.2, 0.25) is 5.15 Å². The van der Waals surface area contributed by atoms with E-state index in [1.165, 1.54) is 25.1 Å². The quantitative estimate of drug-likeness (QED) is 0.0542. The van der Waals surface area contributed by atoms with E-state index in [0.29, 0.717) is 31.7 Å². The summed E-state index contributed by atoms with van der Waals surface area (Å²) in [5.41, 5.74) is -0.731. The Bertz CT molecular complexity index is 2630. The van der Waals surface area contributed by atoms with Crippen molar-refractivity contribution in [1.82, 2.24) is 40.4 Å². The van der Waals surface area contributed by atoms with Crippen molar-refractivity contribution in [2.24, 2.45) is 0 Å². The van der Waals surface area contributed by atoms with Crippen molar-refractivity contribution in [3.8, 4) is 11.3 Å². The van der Waals surface area contributed by atoms with Crippen molar-refractivity contribution in [1.29, 1.82) is 0 Å². The van der Waals surface area contributed by atoms with E-state index in [4.69, 9.17) is 16.3 Å². The second-order valence-electron chi connectivity index (χ2n) is 16.6. The van der Waals surface area contributed by atoms with Gasteiger partial charge in [0.15, 0.2) is 11.6 Å². The van der Waals surface area contributed by atoms with Crippen molar-refractivity contribution in [3.63, 3.8) is 0 Å². The summed E-state index contributed by atoms with van der Waals surface area (Å²) in [6, 6.07) is 7.63. The summed E-state index contributed by atoms with van der Waals surface area (Å²) >= 11 is 6.20. The predicted octanol–water partition coefficient (Wildman–Crippen LogP) is 7.90. The number of esters is 1. The number of ether oxygens (including phenoxy) is 1. The lowest BCUT2D eigenvalue weighted by molar-refractivity contribution is 0.00688. The number of urea groups is 2. The fourth-order valence-corrected chi connectivity index (χ4v) is 6.88. The molecule has 66 heavy (non-hydrogen) atoms. The molecular formula is C44H48ClF5N12O4. The molecule has 0 atom stereocenters. The van der Waals surface area contributed by atoms with Crippen LogP contribution in [0.15, 0.2) is 48.5 Å². The molecule has 0 saturated carbocycles. The van der Waals surface area contributed by atoms with Crippen LogP contribution in [0.5, 0.6) is 0 Å². The Hall–Kier alpha value is -6.71. The SMILES string of the molecule is CN(C)CCNc1nc(Cl)c2c(n1)N(c1c(F)cccc1F)C(=O)NC2.Cc1c(F)cc(C(=O)OC(C)(C)C)cc1-c1nc(NCCN(C)C)nc2c1CNC(=O)N2c1c(F)cccc1F. The van der Waals surface area contributed by atoms with Crippen LogP contribution in [0, 0.1) is 36.0 Å². The Kier molecular flexibility index (Phi) is 14.9. The number of rotatable bonds is 12. The van der Waals surface area contributed by atoms with Gasteiger partial charge in [0, 0.05) is 37.3 Å². The molecule has 0 spiro atoms. The zero-order valence-electron chi connectivity index (χ0n) is 37.3. The van der Waals surface area contributed by atoms with E-state index in [0.717, 1.165) is 40.1 Å². The summed E-state index contributed by atoms with van der Waals surface area (Å²) in [5.74, 6) is -4.93. The second kappa shape index (κ2) is 20.2. The third-order valence-corrected chi connectivity index (χ3v) is 10.1. The lowest BCUT2D eigenvalue weighted by atomic mass is 9.97. The van der Waals surface area contributed by atoms with E-state index in [9.17, 15) is 31.9 Å². The number of anilines is 6. The first-order valence-corrected chi connectivity index (χ1v) is 20.8. The van der Waals surface area contributed by atoms with Crippen LogP contribution in [0.25, 0.3) is 11.3 Å². The van der Waals surface area contributed by atoms with Crippen molar-refractivity contribution in [2.75, 3.05) is 74.8 Å². The molecule has 2 aromatic heterocycles. The van der Waals surface area contributed by atoms with Crippen LogP contribution in [0.1, 0.15) is 47.8 Å². The Labute approximate surface area is 382 Å².